The summed E-state index contributed by atoms with van der Waals surface area (Å²) >= 11 is 6.00. The predicted octanol–water partition coefficient (Wildman–Crippen LogP) is 4.37. The van der Waals surface area contributed by atoms with Gasteiger partial charge >= 0.3 is 0 Å². The van der Waals surface area contributed by atoms with Gasteiger partial charge in [0.1, 0.15) is 5.82 Å². The number of rotatable bonds is 11. The van der Waals surface area contributed by atoms with Crippen LogP contribution >= 0.6 is 11.6 Å². The Hall–Kier alpha value is -4.44. The SMILES string of the molecule is COc1cc(C=NNC(=O)CCC(=O)Nc2ccccc2Cl)ccc1OCC(=O)Nc1ccccc1F. The number of amides is 3. The number of hydrogen-bond donors (Lipinski definition) is 3. The largest absolute Gasteiger partial charge is 0.493 e. The average molecular weight is 527 g/mol. The van der Waals surface area contributed by atoms with E-state index in [4.69, 9.17) is 21.1 Å². The van der Waals surface area contributed by atoms with Crippen LogP contribution in [0.3, 0.4) is 0 Å². The van der Waals surface area contributed by atoms with Crippen molar-refractivity contribution in [1.82, 2.24) is 5.43 Å². The quantitative estimate of drug-likeness (QED) is 0.253. The second-order valence-corrected chi connectivity index (χ2v) is 7.96. The molecule has 37 heavy (non-hydrogen) atoms. The highest BCUT2D eigenvalue weighted by Crippen LogP contribution is 2.27. The fourth-order valence-electron chi connectivity index (χ4n) is 3.01. The molecule has 11 heteroatoms. The molecule has 0 aromatic heterocycles. The molecule has 0 atom stereocenters. The molecule has 0 bridgehead atoms. The van der Waals surface area contributed by atoms with Crippen molar-refractivity contribution in [2.24, 2.45) is 5.10 Å². The van der Waals surface area contributed by atoms with Crippen LogP contribution in [-0.2, 0) is 14.4 Å². The van der Waals surface area contributed by atoms with Gasteiger partial charge in [-0.05, 0) is 48.0 Å². The van der Waals surface area contributed by atoms with Gasteiger partial charge in [0.25, 0.3) is 5.91 Å². The van der Waals surface area contributed by atoms with Crippen molar-refractivity contribution < 1.29 is 28.2 Å². The van der Waals surface area contributed by atoms with Gasteiger partial charge in [0.15, 0.2) is 18.1 Å². The van der Waals surface area contributed by atoms with Crippen LogP contribution in [0.1, 0.15) is 18.4 Å². The summed E-state index contributed by atoms with van der Waals surface area (Å²) in [5.74, 6) is -1.28. The molecule has 3 amide bonds. The first-order valence-electron chi connectivity index (χ1n) is 11.1. The topological polar surface area (TPSA) is 118 Å². The number of methoxy groups -OCH3 is 1. The average Bonchev–Trinajstić information content (AvgIpc) is 2.89. The highest BCUT2D eigenvalue weighted by molar-refractivity contribution is 6.33. The molecular formula is C26H24ClFN4O5. The number of hydrazone groups is 1. The van der Waals surface area contributed by atoms with E-state index in [2.05, 4.69) is 21.2 Å². The van der Waals surface area contributed by atoms with Crippen LogP contribution in [0.5, 0.6) is 11.5 Å². The zero-order valence-electron chi connectivity index (χ0n) is 19.8. The number of nitrogens with zero attached hydrogens (tertiary/aromatic N) is 1. The Labute approximate surface area is 217 Å². The van der Waals surface area contributed by atoms with Gasteiger partial charge in [-0.3, -0.25) is 14.4 Å². The van der Waals surface area contributed by atoms with Gasteiger partial charge in [0.05, 0.1) is 29.7 Å². The van der Waals surface area contributed by atoms with Crippen LogP contribution < -0.4 is 25.5 Å². The van der Waals surface area contributed by atoms with Crippen LogP contribution in [0, 0.1) is 5.82 Å². The van der Waals surface area contributed by atoms with Crippen LogP contribution in [0.15, 0.2) is 71.8 Å². The monoisotopic (exact) mass is 526 g/mol. The summed E-state index contributed by atoms with van der Waals surface area (Å²) < 4.78 is 24.4. The van der Waals surface area contributed by atoms with E-state index in [1.807, 2.05) is 0 Å². The molecule has 3 rings (SSSR count). The lowest BCUT2D eigenvalue weighted by molar-refractivity contribution is -0.124. The van der Waals surface area contributed by atoms with E-state index in [1.165, 1.54) is 31.5 Å². The molecule has 0 heterocycles. The molecule has 0 aliphatic carbocycles. The molecule has 0 aliphatic heterocycles. The molecule has 3 N–H and O–H groups in total. The summed E-state index contributed by atoms with van der Waals surface area (Å²) in [7, 11) is 1.43. The normalized spacial score (nSPS) is 10.6. The fourth-order valence-corrected chi connectivity index (χ4v) is 3.20. The first-order chi connectivity index (χ1) is 17.9. The van der Waals surface area contributed by atoms with Gasteiger partial charge in [-0.15, -0.1) is 0 Å². The number of halogens is 2. The smallest absolute Gasteiger partial charge is 0.262 e. The maximum Gasteiger partial charge on any atom is 0.262 e. The number of para-hydroxylation sites is 2. The predicted molar refractivity (Wildman–Crippen MR) is 139 cm³/mol. The van der Waals surface area contributed by atoms with Crippen LogP contribution in [0.4, 0.5) is 15.8 Å². The minimum Gasteiger partial charge on any atom is -0.493 e. The molecule has 0 saturated carbocycles. The first-order valence-corrected chi connectivity index (χ1v) is 11.4. The van der Waals surface area contributed by atoms with Crippen molar-refractivity contribution in [1.29, 1.82) is 0 Å². The summed E-state index contributed by atoms with van der Waals surface area (Å²) in [5.41, 5.74) is 3.46. The number of ether oxygens (including phenoxy) is 2. The lowest BCUT2D eigenvalue weighted by atomic mass is 10.2. The zero-order chi connectivity index (χ0) is 26.6. The maximum atomic E-state index is 13.7. The number of nitrogens with one attached hydrogen (secondary N) is 3. The van der Waals surface area contributed by atoms with E-state index in [0.717, 1.165) is 0 Å². The Kier molecular flexibility index (Phi) is 9.98. The summed E-state index contributed by atoms with van der Waals surface area (Å²) in [4.78, 5) is 36.1. The van der Waals surface area contributed by atoms with Crippen molar-refractivity contribution in [2.45, 2.75) is 12.8 Å². The van der Waals surface area contributed by atoms with Gasteiger partial charge in [-0.2, -0.15) is 5.10 Å². The van der Waals surface area contributed by atoms with E-state index in [1.54, 1.807) is 48.5 Å². The lowest BCUT2D eigenvalue weighted by Crippen LogP contribution is -2.21. The molecule has 0 fully saturated rings. The third kappa shape index (κ3) is 8.62. The molecule has 9 nitrogen and oxygen atoms in total. The zero-order valence-corrected chi connectivity index (χ0v) is 20.5. The minimum atomic E-state index is -0.551. The van der Waals surface area contributed by atoms with Gasteiger partial charge in [-0.25, -0.2) is 9.82 Å². The molecule has 0 saturated heterocycles. The molecule has 3 aromatic rings. The summed E-state index contributed by atoms with van der Waals surface area (Å²) in [6, 6.07) is 17.4. The summed E-state index contributed by atoms with van der Waals surface area (Å²) in [6.07, 6.45) is 1.27. The maximum absolute atomic E-state index is 13.7. The standard InChI is InChI=1S/C26H24ClFN4O5/c1-36-23-14-17(10-11-22(23)37-16-26(35)31-21-9-5-3-7-19(21)28)15-29-32-25(34)13-12-24(33)30-20-8-4-2-6-18(20)27/h2-11,14-15H,12-13,16H2,1H3,(H,30,33)(H,31,35)(H,32,34). The summed E-state index contributed by atoms with van der Waals surface area (Å²) in [6.45, 7) is -0.363. The van der Waals surface area contributed by atoms with E-state index in [9.17, 15) is 18.8 Å². The molecule has 0 aliphatic rings. The Bertz CT molecular complexity index is 1300. The highest BCUT2D eigenvalue weighted by Gasteiger charge is 2.11. The molecule has 0 spiro atoms. The highest BCUT2D eigenvalue weighted by atomic mass is 35.5. The molecular weight excluding hydrogens is 503 g/mol. The molecule has 0 unspecified atom stereocenters. The van der Waals surface area contributed by atoms with Crippen LogP contribution in [0.2, 0.25) is 5.02 Å². The van der Waals surface area contributed by atoms with Gasteiger partial charge in [0.2, 0.25) is 11.8 Å². The van der Waals surface area contributed by atoms with E-state index < -0.39 is 17.6 Å². The number of benzene rings is 3. The third-order valence-corrected chi connectivity index (χ3v) is 5.15. The van der Waals surface area contributed by atoms with E-state index >= 15 is 0 Å². The van der Waals surface area contributed by atoms with Gasteiger partial charge in [-0.1, -0.05) is 35.9 Å². The summed E-state index contributed by atoms with van der Waals surface area (Å²) in [5, 5.41) is 9.35. The van der Waals surface area contributed by atoms with Crippen molar-refractivity contribution in [3.63, 3.8) is 0 Å². The van der Waals surface area contributed by atoms with Crippen molar-refractivity contribution in [3.05, 3.63) is 83.1 Å². The third-order valence-electron chi connectivity index (χ3n) is 4.82. The van der Waals surface area contributed by atoms with Crippen molar-refractivity contribution in [3.8, 4) is 11.5 Å². The number of carbonyl (C=O) groups excluding carboxylic acids is 3. The van der Waals surface area contributed by atoms with Gasteiger partial charge in [0, 0.05) is 12.8 Å². The van der Waals surface area contributed by atoms with Crippen molar-refractivity contribution in [2.75, 3.05) is 24.4 Å². The lowest BCUT2D eigenvalue weighted by Gasteiger charge is -2.11. The second-order valence-electron chi connectivity index (χ2n) is 7.55. The Morgan fingerprint density at radius 3 is 2.30 bits per heavy atom. The Morgan fingerprint density at radius 2 is 1.57 bits per heavy atom. The number of anilines is 2. The van der Waals surface area contributed by atoms with E-state index in [0.29, 0.717) is 22.0 Å². The van der Waals surface area contributed by atoms with Crippen LogP contribution in [-0.4, -0.2) is 37.7 Å². The fraction of sp³-hybridized carbons (Fsp3) is 0.154. The Morgan fingerprint density at radius 1 is 0.892 bits per heavy atom. The first kappa shape index (κ1) is 27.2. The number of carbonyl (C=O) groups is 3. The Balaban J connectivity index is 1.45. The van der Waals surface area contributed by atoms with E-state index in [-0.39, 0.29) is 36.8 Å². The second kappa shape index (κ2) is 13.6. The minimum absolute atomic E-state index is 0.0447. The van der Waals surface area contributed by atoms with Crippen molar-refractivity contribution >= 4 is 46.9 Å². The van der Waals surface area contributed by atoms with Gasteiger partial charge < -0.3 is 20.1 Å². The van der Waals surface area contributed by atoms with Crippen LogP contribution in [0.25, 0.3) is 0 Å². The molecule has 0 radical (unpaired) electrons. The molecule has 192 valence electrons. The molecule has 3 aromatic carbocycles. The number of hydrogen-bond acceptors (Lipinski definition) is 6.